The number of nitrogen functional groups attached to an aromatic ring is 1. The van der Waals surface area contributed by atoms with E-state index in [1.165, 1.54) is 14.0 Å². The average Bonchev–Trinajstić information content (AvgIpc) is 3.28. The second-order valence-corrected chi connectivity index (χ2v) is 8.36. The molecular formula is C18H24N4O4S. The van der Waals surface area contributed by atoms with Crippen molar-refractivity contribution >= 4 is 21.6 Å². The van der Waals surface area contributed by atoms with Gasteiger partial charge in [0.05, 0.1) is 24.4 Å². The third kappa shape index (κ3) is 3.52. The Kier molecular flexibility index (Phi) is 4.92. The van der Waals surface area contributed by atoms with E-state index in [9.17, 15) is 13.2 Å². The first-order valence-electron chi connectivity index (χ1n) is 8.60. The van der Waals surface area contributed by atoms with Gasteiger partial charge < -0.3 is 20.8 Å². The number of benzene rings is 1. The number of ether oxygens (including phenoxy) is 1. The maximum atomic E-state index is 13.1. The molecule has 1 amide bonds. The minimum Gasteiger partial charge on any atom is -0.496 e. The number of aromatic nitrogens is 1. The van der Waals surface area contributed by atoms with Crippen LogP contribution in [0.25, 0.3) is 0 Å². The fraction of sp³-hybridized carbons (Fsp3) is 0.389. The summed E-state index contributed by atoms with van der Waals surface area (Å²) in [6.45, 7) is 3.11. The summed E-state index contributed by atoms with van der Waals surface area (Å²) in [5.41, 5.74) is 7.54. The van der Waals surface area contributed by atoms with Crippen molar-refractivity contribution in [2.75, 3.05) is 12.8 Å². The standard InChI is InChI=1S/C18H24N4O4S/c1-9-13(16(26-3)10(2)14(19)17(9)27(20,24)25)18(23)22-15(11-6-7-11)12-5-4-8-21-12/h4-5,8,11,15,21H,6-7,19H2,1-3H3,(H,22,23)(H2,20,24,25). The Bertz CT molecular complexity index is 980. The van der Waals surface area contributed by atoms with Gasteiger partial charge in [-0.15, -0.1) is 0 Å². The van der Waals surface area contributed by atoms with Crippen LogP contribution in [0, 0.1) is 19.8 Å². The quantitative estimate of drug-likeness (QED) is 0.554. The summed E-state index contributed by atoms with van der Waals surface area (Å²) in [5, 5.41) is 8.35. The van der Waals surface area contributed by atoms with Crippen molar-refractivity contribution in [2.24, 2.45) is 11.1 Å². The topological polar surface area (TPSA) is 140 Å². The number of hydrogen-bond donors (Lipinski definition) is 4. The molecule has 1 aromatic heterocycles. The Balaban J connectivity index is 2.09. The lowest BCUT2D eigenvalue weighted by atomic mass is 9.99. The molecule has 1 unspecified atom stereocenters. The number of methoxy groups -OCH3 is 1. The maximum Gasteiger partial charge on any atom is 0.255 e. The Morgan fingerprint density at radius 3 is 2.48 bits per heavy atom. The van der Waals surface area contributed by atoms with Crippen molar-refractivity contribution in [3.05, 3.63) is 40.7 Å². The predicted octanol–water partition coefficient (Wildman–Crippen LogP) is 1.75. The van der Waals surface area contributed by atoms with Crippen LogP contribution in [0.4, 0.5) is 5.69 Å². The summed E-state index contributed by atoms with van der Waals surface area (Å²) in [6.07, 6.45) is 3.84. The fourth-order valence-corrected chi connectivity index (χ4v) is 4.48. The van der Waals surface area contributed by atoms with Gasteiger partial charge in [-0.25, -0.2) is 13.6 Å². The summed E-state index contributed by atoms with van der Waals surface area (Å²) < 4.78 is 29.5. The molecule has 1 saturated carbocycles. The molecule has 6 N–H and O–H groups in total. The molecule has 0 saturated heterocycles. The Morgan fingerprint density at radius 1 is 1.33 bits per heavy atom. The summed E-state index contributed by atoms with van der Waals surface area (Å²) in [5.74, 6) is 0.159. The molecule has 0 radical (unpaired) electrons. The molecule has 1 atom stereocenters. The van der Waals surface area contributed by atoms with Gasteiger partial charge in [0.15, 0.2) is 0 Å². The molecule has 146 valence electrons. The monoisotopic (exact) mass is 392 g/mol. The van der Waals surface area contributed by atoms with E-state index in [-0.39, 0.29) is 33.5 Å². The molecule has 27 heavy (non-hydrogen) atoms. The zero-order valence-electron chi connectivity index (χ0n) is 15.5. The minimum absolute atomic E-state index is 0.00786. The number of nitrogens with one attached hydrogen (secondary N) is 2. The van der Waals surface area contributed by atoms with Gasteiger partial charge in [-0.3, -0.25) is 4.79 Å². The Hall–Kier alpha value is -2.52. The van der Waals surface area contributed by atoms with Gasteiger partial charge in [0, 0.05) is 17.5 Å². The molecule has 1 aromatic carbocycles. The number of sulfonamides is 1. The molecule has 0 spiro atoms. The summed E-state index contributed by atoms with van der Waals surface area (Å²) in [4.78, 5) is 16.0. The molecule has 9 heteroatoms. The number of H-pyrrole nitrogens is 1. The van der Waals surface area contributed by atoms with E-state index in [0.29, 0.717) is 11.5 Å². The number of primary sulfonamides is 1. The number of aromatic amines is 1. The maximum absolute atomic E-state index is 13.1. The number of hydrogen-bond acceptors (Lipinski definition) is 5. The molecule has 0 aliphatic heterocycles. The highest BCUT2D eigenvalue weighted by molar-refractivity contribution is 7.89. The number of nitrogens with two attached hydrogens (primary N) is 2. The highest BCUT2D eigenvalue weighted by atomic mass is 32.2. The van der Waals surface area contributed by atoms with Crippen LogP contribution in [0.3, 0.4) is 0 Å². The molecule has 1 aliphatic carbocycles. The average molecular weight is 392 g/mol. The van der Waals surface area contributed by atoms with Gasteiger partial charge in [-0.2, -0.15) is 0 Å². The largest absolute Gasteiger partial charge is 0.496 e. The predicted molar refractivity (Wildman–Crippen MR) is 102 cm³/mol. The van der Waals surface area contributed by atoms with E-state index in [1.54, 1.807) is 13.1 Å². The van der Waals surface area contributed by atoms with E-state index in [1.807, 2.05) is 12.1 Å². The highest BCUT2D eigenvalue weighted by Crippen LogP contribution is 2.42. The second kappa shape index (κ2) is 6.90. The third-order valence-corrected chi connectivity index (χ3v) is 6.08. The smallest absolute Gasteiger partial charge is 0.255 e. The van der Waals surface area contributed by atoms with Crippen LogP contribution in [0.5, 0.6) is 5.75 Å². The van der Waals surface area contributed by atoms with Gasteiger partial charge in [0.2, 0.25) is 10.0 Å². The van der Waals surface area contributed by atoms with Crippen LogP contribution in [0.2, 0.25) is 0 Å². The Morgan fingerprint density at radius 2 is 2.00 bits per heavy atom. The molecule has 1 fully saturated rings. The van der Waals surface area contributed by atoms with Crippen molar-refractivity contribution in [3.63, 3.8) is 0 Å². The molecule has 1 aliphatic rings. The first-order chi connectivity index (χ1) is 12.7. The number of amides is 1. The van der Waals surface area contributed by atoms with Crippen LogP contribution in [0.1, 0.15) is 46.1 Å². The molecule has 0 bridgehead atoms. The normalized spacial score (nSPS) is 15.4. The van der Waals surface area contributed by atoms with Gasteiger partial charge in [0.1, 0.15) is 10.6 Å². The second-order valence-electron chi connectivity index (χ2n) is 6.86. The van der Waals surface area contributed by atoms with Crippen LogP contribution < -0.4 is 20.9 Å². The van der Waals surface area contributed by atoms with Crippen LogP contribution in [0.15, 0.2) is 23.2 Å². The summed E-state index contributed by atoms with van der Waals surface area (Å²) >= 11 is 0. The summed E-state index contributed by atoms with van der Waals surface area (Å²) in [6, 6.07) is 3.60. The third-order valence-electron chi connectivity index (χ3n) is 4.98. The lowest BCUT2D eigenvalue weighted by Gasteiger charge is -2.22. The molecule has 2 aromatic rings. The van der Waals surface area contributed by atoms with E-state index < -0.39 is 15.9 Å². The molecule has 8 nitrogen and oxygen atoms in total. The van der Waals surface area contributed by atoms with Gasteiger partial charge in [0.25, 0.3) is 5.91 Å². The lowest BCUT2D eigenvalue weighted by molar-refractivity contribution is 0.0926. The number of rotatable bonds is 6. The van der Waals surface area contributed by atoms with Crippen molar-refractivity contribution in [1.29, 1.82) is 0 Å². The zero-order valence-corrected chi connectivity index (χ0v) is 16.3. The molecule has 1 heterocycles. The van der Waals surface area contributed by atoms with Crippen LogP contribution in [-0.4, -0.2) is 26.4 Å². The summed E-state index contributed by atoms with van der Waals surface area (Å²) in [7, 11) is -2.70. The van der Waals surface area contributed by atoms with Crippen molar-refractivity contribution in [1.82, 2.24) is 10.3 Å². The van der Waals surface area contributed by atoms with E-state index in [0.717, 1.165) is 18.5 Å². The van der Waals surface area contributed by atoms with Crippen molar-refractivity contribution in [3.8, 4) is 5.75 Å². The van der Waals surface area contributed by atoms with Gasteiger partial charge in [-0.1, -0.05) is 0 Å². The zero-order chi connectivity index (χ0) is 19.9. The number of anilines is 1. The first-order valence-corrected chi connectivity index (χ1v) is 10.1. The SMILES string of the molecule is COc1c(C)c(N)c(S(N)(=O)=O)c(C)c1C(=O)NC(c1ccc[nH]1)C1CC1. The lowest BCUT2D eigenvalue weighted by Crippen LogP contribution is -2.32. The highest BCUT2D eigenvalue weighted by Gasteiger charge is 2.36. The van der Waals surface area contributed by atoms with E-state index in [2.05, 4.69) is 10.3 Å². The Labute approximate surface area is 158 Å². The van der Waals surface area contributed by atoms with Crippen LogP contribution in [-0.2, 0) is 10.0 Å². The van der Waals surface area contributed by atoms with Gasteiger partial charge >= 0.3 is 0 Å². The van der Waals surface area contributed by atoms with Gasteiger partial charge in [-0.05, 0) is 50.3 Å². The minimum atomic E-state index is -4.11. The number of carbonyl (C=O) groups is 1. The molecular weight excluding hydrogens is 368 g/mol. The first kappa shape index (κ1) is 19.2. The van der Waals surface area contributed by atoms with Crippen LogP contribution >= 0.6 is 0 Å². The number of carbonyl (C=O) groups excluding carboxylic acids is 1. The van der Waals surface area contributed by atoms with Crippen molar-refractivity contribution in [2.45, 2.75) is 37.6 Å². The van der Waals surface area contributed by atoms with E-state index in [4.69, 9.17) is 15.6 Å². The van der Waals surface area contributed by atoms with E-state index >= 15 is 0 Å². The van der Waals surface area contributed by atoms with Crippen molar-refractivity contribution < 1.29 is 17.9 Å². The molecule has 3 rings (SSSR count). The fourth-order valence-electron chi connectivity index (χ4n) is 3.49.